The molecule has 1 saturated heterocycles. The number of hydrogen-bond acceptors (Lipinski definition) is 2. The molecule has 1 unspecified atom stereocenters. The number of nitrogens with zero attached hydrogens (tertiary/aromatic N) is 2. The van der Waals surface area contributed by atoms with Crippen molar-refractivity contribution in [2.24, 2.45) is 5.92 Å². The molecule has 100 valence electrons. The molecular formula is C15H18BrN3. The lowest BCUT2D eigenvalue weighted by molar-refractivity contribution is 0.376. The maximum Gasteiger partial charge on any atom is 0.109 e. The summed E-state index contributed by atoms with van der Waals surface area (Å²) in [6.45, 7) is 2.34. The molecule has 2 aromatic rings. The molecule has 1 fully saturated rings. The molecule has 1 aromatic heterocycles. The van der Waals surface area contributed by atoms with Crippen LogP contribution in [0.2, 0.25) is 0 Å². The third kappa shape index (κ3) is 3.07. The zero-order chi connectivity index (χ0) is 13.1. The molecule has 0 saturated carbocycles. The largest absolute Gasteiger partial charge is 0.316 e. The van der Waals surface area contributed by atoms with E-state index in [4.69, 9.17) is 0 Å². The summed E-state index contributed by atoms with van der Waals surface area (Å²) in [4.78, 5) is 0. The molecule has 3 rings (SSSR count). The van der Waals surface area contributed by atoms with Gasteiger partial charge in [-0.25, -0.2) is 4.68 Å². The average molecular weight is 320 g/mol. The highest BCUT2D eigenvalue weighted by Crippen LogP contribution is 2.19. The van der Waals surface area contributed by atoms with Crippen LogP contribution in [0.5, 0.6) is 0 Å². The van der Waals surface area contributed by atoms with Crippen molar-refractivity contribution in [3.05, 3.63) is 46.7 Å². The number of aromatic nitrogens is 2. The second-order valence-corrected chi connectivity index (χ2v) is 5.96. The van der Waals surface area contributed by atoms with Gasteiger partial charge in [0.05, 0.1) is 11.9 Å². The minimum absolute atomic E-state index is 0.788. The van der Waals surface area contributed by atoms with Gasteiger partial charge in [-0.2, -0.15) is 5.10 Å². The molecular weight excluding hydrogens is 302 g/mol. The van der Waals surface area contributed by atoms with Crippen LogP contribution in [0, 0.1) is 5.92 Å². The third-order valence-corrected chi connectivity index (χ3v) is 4.30. The lowest BCUT2D eigenvalue weighted by Gasteiger charge is -2.22. The first kappa shape index (κ1) is 12.9. The van der Waals surface area contributed by atoms with Gasteiger partial charge in [-0.05, 0) is 78.0 Å². The van der Waals surface area contributed by atoms with E-state index in [1.807, 2.05) is 10.7 Å². The number of nitrogens with one attached hydrogen (secondary N) is 1. The van der Waals surface area contributed by atoms with Crippen molar-refractivity contribution in [3.63, 3.8) is 0 Å². The van der Waals surface area contributed by atoms with Crippen LogP contribution >= 0.6 is 15.9 Å². The van der Waals surface area contributed by atoms with Crippen molar-refractivity contribution in [1.82, 2.24) is 15.1 Å². The van der Waals surface area contributed by atoms with Crippen molar-refractivity contribution < 1.29 is 0 Å². The fourth-order valence-corrected chi connectivity index (χ4v) is 3.10. The summed E-state index contributed by atoms with van der Waals surface area (Å²) in [5.74, 6) is 0.788. The minimum Gasteiger partial charge on any atom is -0.316 e. The van der Waals surface area contributed by atoms with E-state index in [0.29, 0.717) is 0 Å². The van der Waals surface area contributed by atoms with Crippen molar-refractivity contribution >= 4 is 15.9 Å². The highest BCUT2D eigenvalue weighted by Gasteiger charge is 2.13. The lowest BCUT2D eigenvalue weighted by atomic mass is 9.92. The fourth-order valence-electron chi connectivity index (χ4n) is 2.68. The van der Waals surface area contributed by atoms with Crippen LogP contribution in [-0.4, -0.2) is 22.9 Å². The van der Waals surface area contributed by atoms with Crippen LogP contribution < -0.4 is 5.32 Å². The SMILES string of the molecule is Brc1ccnn1-c1ccc(CC2CCCNC2)cc1. The Labute approximate surface area is 122 Å². The van der Waals surface area contributed by atoms with Gasteiger partial charge in [0, 0.05) is 0 Å². The zero-order valence-corrected chi connectivity index (χ0v) is 12.4. The zero-order valence-electron chi connectivity index (χ0n) is 10.8. The Morgan fingerprint density at radius 1 is 1.26 bits per heavy atom. The molecule has 0 aliphatic carbocycles. The number of piperidine rings is 1. The Hall–Kier alpha value is -1.13. The monoisotopic (exact) mass is 319 g/mol. The molecule has 2 heterocycles. The van der Waals surface area contributed by atoms with Crippen molar-refractivity contribution in [3.8, 4) is 5.69 Å². The van der Waals surface area contributed by atoms with Crippen LogP contribution in [0.25, 0.3) is 5.69 Å². The van der Waals surface area contributed by atoms with Gasteiger partial charge < -0.3 is 5.32 Å². The molecule has 1 aliphatic heterocycles. The van der Waals surface area contributed by atoms with Gasteiger partial charge >= 0.3 is 0 Å². The van der Waals surface area contributed by atoms with Crippen molar-refractivity contribution in [1.29, 1.82) is 0 Å². The highest BCUT2D eigenvalue weighted by atomic mass is 79.9. The fraction of sp³-hybridized carbons (Fsp3) is 0.400. The van der Waals surface area contributed by atoms with Crippen LogP contribution in [0.1, 0.15) is 18.4 Å². The van der Waals surface area contributed by atoms with Crippen LogP contribution in [0.4, 0.5) is 0 Å². The summed E-state index contributed by atoms with van der Waals surface area (Å²) in [6, 6.07) is 10.7. The maximum absolute atomic E-state index is 4.29. The van der Waals surface area contributed by atoms with Crippen LogP contribution in [0.3, 0.4) is 0 Å². The van der Waals surface area contributed by atoms with E-state index in [2.05, 4.69) is 50.6 Å². The molecule has 0 spiro atoms. The Balaban J connectivity index is 1.70. The molecule has 1 atom stereocenters. The summed E-state index contributed by atoms with van der Waals surface area (Å²) in [7, 11) is 0. The van der Waals surface area contributed by atoms with Gasteiger partial charge in [0.25, 0.3) is 0 Å². The number of benzene rings is 1. The number of rotatable bonds is 3. The molecule has 0 radical (unpaired) electrons. The quantitative estimate of drug-likeness (QED) is 0.941. The van der Waals surface area contributed by atoms with Gasteiger partial charge in [0.2, 0.25) is 0 Å². The second kappa shape index (κ2) is 5.88. The summed E-state index contributed by atoms with van der Waals surface area (Å²) in [5.41, 5.74) is 2.52. The number of hydrogen-bond donors (Lipinski definition) is 1. The van der Waals surface area contributed by atoms with Crippen molar-refractivity contribution in [2.75, 3.05) is 13.1 Å². The Kier molecular flexibility index (Phi) is 3.99. The summed E-state index contributed by atoms with van der Waals surface area (Å²) in [5, 5.41) is 7.77. The molecule has 1 aromatic carbocycles. The van der Waals surface area contributed by atoms with Crippen molar-refractivity contribution in [2.45, 2.75) is 19.3 Å². The van der Waals surface area contributed by atoms with E-state index in [-0.39, 0.29) is 0 Å². The van der Waals surface area contributed by atoms with Crippen LogP contribution in [0.15, 0.2) is 41.1 Å². The van der Waals surface area contributed by atoms with E-state index in [1.165, 1.54) is 31.4 Å². The minimum atomic E-state index is 0.788. The lowest BCUT2D eigenvalue weighted by Crippen LogP contribution is -2.30. The topological polar surface area (TPSA) is 29.9 Å². The standard InChI is InChI=1S/C15H18BrN3/c16-15-7-9-18-19(15)14-5-3-12(4-6-14)10-13-2-1-8-17-11-13/h3-7,9,13,17H,1-2,8,10-11H2. The maximum atomic E-state index is 4.29. The van der Waals surface area contributed by atoms with E-state index >= 15 is 0 Å². The molecule has 19 heavy (non-hydrogen) atoms. The van der Waals surface area contributed by atoms with E-state index < -0.39 is 0 Å². The normalized spacial score (nSPS) is 19.5. The first-order chi connectivity index (χ1) is 9.33. The summed E-state index contributed by atoms with van der Waals surface area (Å²) in [6.07, 6.45) is 5.63. The number of halogens is 1. The highest BCUT2D eigenvalue weighted by molar-refractivity contribution is 9.10. The summed E-state index contributed by atoms with van der Waals surface area (Å²) < 4.78 is 2.88. The molecule has 4 heteroatoms. The van der Waals surface area contributed by atoms with E-state index in [9.17, 15) is 0 Å². The Morgan fingerprint density at radius 2 is 2.11 bits per heavy atom. The summed E-state index contributed by atoms with van der Waals surface area (Å²) >= 11 is 3.49. The van der Waals surface area contributed by atoms with Gasteiger partial charge in [-0.3, -0.25) is 0 Å². The molecule has 0 bridgehead atoms. The molecule has 1 aliphatic rings. The van der Waals surface area contributed by atoms with Crippen LogP contribution in [-0.2, 0) is 6.42 Å². The Bertz CT molecular complexity index is 527. The predicted octanol–water partition coefficient (Wildman–Crippen LogP) is 3.18. The third-order valence-electron chi connectivity index (χ3n) is 3.70. The molecule has 0 amide bonds. The average Bonchev–Trinajstić information content (AvgIpc) is 2.87. The second-order valence-electron chi connectivity index (χ2n) is 5.15. The van der Waals surface area contributed by atoms with E-state index in [1.54, 1.807) is 6.20 Å². The van der Waals surface area contributed by atoms with Gasteiger partial charge in [0.1, 0.15) is 4.60 Å². The first-order valence-electron chi connectivity index (χ1n) is 6.82. The van der Waals surface area contributed by atoms with Gasteiger partial charge in [-0.15, -0.1) is 0 Å². The predicted molar refractivity (Wildman–Crippen MR) is 80.6 cm³/mol. The van der Waals surface area contributed by atoms with Gasteiger partial charge in [0.15, 0.2) is 0 Å². The first-order valence-corrected chi connectivity index (χ1v) is 7.62. The smallest absolute Gasteiger partial charge is 0.109 e. The molecule has 1 N–H and O–H groups in total. The van der Waals surface area contributed by atoms with Gasteiger partial charge in [-0.1, -0.05) is 12.1 Å². The van der Waals surface area contributed by atoms with E-state index in [0.717, 1.165) is 22.8 Å². The Morgan fingerprint density at radius 3 is 2.74 bits per heavy atom. The molecule has 3 nitrogen and oxygen atoms in total.